The van der Waals surface area contributed by atoms with E-state index in [4.69, 9.17) is 17.3 Å². The number of nitrogens with zero attached hydrogens (tertiary/aromatic N) is 1. The minimum Gasteiger partial charge on any atom is -0.397 e. The number of nitrogen functional groups attached to an aromatic ring is 1. The summed E-state index contributed by atoms with van der Waals surface area (Å²) in [5.41, 5.74) is 9.17. The van der Waals surface area contributed by atoms with Gasteiger partial charge >= 0.3 is 0 Å². The maximum absolute atomic E-state index is 6.07. The predicted octanol–water partition coefficient (Wildman–Crippen LogP) is 4.34. The molecule has 2 N–H and O–H groups in total. The summed E-state index contributed by atoms with van der Waals surface area (Å²) >= 11 is 6.04. The Kier molecular flexibility index (Phi) is 4.69. The largest absolute Gasteiger partial charge is 0.397 e. The van der Waals surface area contributed by atoms with E-state index in [1.54, 1.807) is 0 Å². The number of hydrogen-bond donors (Lipinski definition) is 1. The minimum absolute atomic E-state index is 0.773. The standard InChI is InChI=1S/C16H19ClN2/c1-2-10-19(16-9-4-3-8-15(16)18)12-13-6-5-7-14(17)11-13/h3-9,11H,2,10,12,18H2,1H3. The molecule has 0 spiro atoms. The maximum atomic E-state index is 6.07. The van der Waals surface area contributed by atoms with Crippen molar-refractivity contribution in [3.63, 3.8) is 0 Å². The van der Waals surface area contributed by atoms with E-state index in [0.29, 0.717) is 0 Å². The molecule has 3 heteroatoms. The van der Waals surface area contributed by atoms with E-state index in [2.05, 4.69) is 24.0 Å². The zero-order valence-corrected chi connectivity index (χ0v) is 11.9. The summed E-state index contributed by atoms with van der Waals surface area (Å²) in [4.78, 5) is 2.29. The number of benzene rings is 2. The van der Waals surface area contributed by atoms with Gasteiger partial charge in [-0.25, -0.2) is 0 Å². The van der Waals surface area contributed by atoms with Crippen molar-refractivity contribution in [1.82, 2.24) is 0 Å². The smallest absolute Gasteiger partial charge is 0.0602 e. The topological polar surface area (TPSA) is 29.3 Å². The van der Waals surface area contributed by atoms with E-state index in [1.165, 1.54) is 5.56 Å². The first-order valence-electron chi connectivity index (χ1n) is 6.54. The Bertz CT molecular complexity index is 540. The molecule has 0 aliphatic heterocycles. The fourth-order valence-electron chi connectivity index (χ4n) is 2.19. The third kappa shape index (κ3) is 3.65. The molecular formula is C16H19ClN2. The molecule has 0 radical (unpaired) electrons. The second-order valence-electron chi connectivity index (χ2n) is 4.61. The number of hydrogen-bond acceptors (Lipinski definition) is 2. The average Bonchev–Trinajstić information content (AvgIpc) is 2.39. The second kappa shape index (κ2) is 6.48. The lowest BCUT2D eigenvalue weighted by Gasteiger charge is -2.26. The molecule has 0 saturated carbocycles. The Morgan fingerprint density at radius 2 is 1.89 bits per heavy atom. The fraction of sp³-hybridized carbons (Fsp3) is 0.250. The molecule has 2 aromatic rings. The molecule has 0 saturated heterocycles. The van der Waals surface area contributed by atoms with E-state index >= 15 is 0 Å². The number of anilines is 2. The molecule has 0 unspecified atom stereocenters. The molecule has 0 aliphatic rings. The molecular weight excluding hydrogens is 256 g/mol. The molecule has 0 aromatic heterocycles. The van der Waals surface area contributed by atoms with Crippen molar-refractivity contribution in [2.45, 2.75) is 19.9 Å². The van der Waals surface area contributed by atoms with Gasteiger partial charge in [0.1, 0.15) is 0 Å². The highest BCUT2D eigenvalue weighted by Crippen LogP contribution is 2.25. The first kappa shape index (κ1) is 13.8. The quantitative estimate of drug-likeness (QED) is 0.822. The van der Waals surface area contributed by atoms with Gasteiger partial charge in [0, 0.05) is 18.1 Å². The molecule has 0 amide bonds. The van der Waals surface area contributed by atoms with Gasteiger partial charge in [-0.05, 0) is 36.2 Å². The number of halogens is 1. The first-order chi connectivity index (χ1) is 9.20. The van der Waals surface area contributed by atoms with E-state index in [9.17, 15) is 0 Å². The van der Waals surface area contributed by atoms with Crippen molar-refractivity contribution >= 4 is 23.0 Å². The van der Waals surface area contributed by atoms with Crippen molar-refractivity contribution in [3.8, 4) is 0 Å². The van der Waals surface area contributed by atoms with Crippen LogP contribution < -0.4 is 10.6 Å². The van der Waals surface area contributed by atoms with Crippen molar-refractivity contribution < 1.29 is 0 Å². The highest BCUT2D eigenvalue weighted by molar-refractivity contribution is 6.30. The van der Waals surface area contributed by atoms with Crippen LogP contribution in [0.5, 0.6) is 0 Å². The van der Waals surface area contributed by atoms with E-state index < -0.39 is 0 Å². The minimum atomic E-state index is 0.773. The van der Waals surface area contributed by atoms with Crippen LogP contribution in [-0.4, -0.2) is 6.54 Å². The second-order valence-corrected chi connectivity index (χ2v) is 5.05. The molecule has 0 atom stereocenters. The zero-order valence-electron chi connectivity index (χ0n) is 11.1. The van der Waals surface area contributed by atoms with Crippen molar-refractivity contribution in [2.75, 3.05) is 17.2 Å². The summed E-state index contributed by atoms with van der Waals surface area (Å²) in [5.74, 6) is 0. The maximum Gasteiger partial charge on any atom is 0.0602 e. The van der Waals surface area contributed by atoms with Crippen LogP contribution >= 0.6 is 11.6 Å². The molecule has 0 heterocycles. The lowest BCUT2D eigenvalue weighted by atomic mass is 10.1. The van der Waals surface area contributed by atoms with Gasteiger partial charge in [-0.1, -0.05) is 42.8 Å². The van der Waals surface area contributed by atoms with Gasteiger partial charge in [0.15, 0.2) is 0 Å². The predicted molar refractivity (Wildman–Crippen MR) is 83.6 cm³/mol. The monoisotopic (exact) mass is 274 g/mol. The molecule has 0 fully saturated rings. The number of rotatable bonds is 5. The lowest BCUT2D eigenvalue weighted by Crippen LogP contribution is -2.24. The highest BCUT2D eigenvalue weighted by Gasteiger charge is 2.09. The molecule has 2 aromatic carbocycles. The SMILES string of the molecule is CCCN(Cc1cccc(Cl)c1)c1ccccc1N. The third-order valence-corrected chi connectivity index (χ3v) is 3.27. The fourth-order valence-corrected chi connectivity index (χ4v) is 2.40. The summed E-state index contributed by atoms with van der Waals surface area (Å²) in [7, 11) is 0. The van der Waals surface area contributed by atoms with Crippen LogP contribution in [0.4, 0.5) is 11.4 Å². The normalized spacial score (nSPS) is 10.4. The molecule has 0 aliphatic carbocycles. The van der Waals surface area contributed by atoms with Crippen LogP contribution in [0.25, 0.3) is 0 Å². The Morgan fingerprint density at radius 3 is 2.58 bits per heavy atom. The number of para-hydroxylation sites is 2. The summed E-state index contributed by atoms with van der Waals surface area (Å²) in [6.45, 7) is 3.97. The molecule has 2 nitrogen and oxygen atoms in total. The molecule has 100 valence electrons. The van der Waals surface area contributed by atoms with Crippen molar-refractivity contribution in [2.24, 2.45) is 0 Å². The summed E-state index contributed by atoms with van der Waals surface area (Å²) in [5, 5.41) is 0.773. The van der Waals surface area contributed by atoms with Gasteiger partial charge in [-0.2, -0.15) is 0 Å². The van der Waals surface area contributed by atoms with Crippen molar-refractivity contribution in [1.29, 1.82) is 0 Å². The van der Waals surface area contributed by atoms with Gasteiger partial charge in [0.05, 0.1) is 11.4 Å². The van der Waals surface area contributed by atoms with E-state index in [-0.39, 0.29) is 0 Å². The molecule has 19 heavy (non-hydrogen) atoms. The van der Waals surface area contributed by atoms with E-state index in [0.717, 1.165) is 35.9 Å². The highest BCUT2D eigenvalue weighted by atomic mass is 35.5. The Labute approximate surface area is 119 Å². The summed E-state index contributed by atoms with van der Waals surface area (Å²) in [6.07, 6.45) is 1.08. The van der Waals surface area contributed by atoms with Gasteiger partial charge in [0.2, 0.25) is 0 Å². The van der Waals surface area contributed by atoms with Gasteiger partial charge in [0.25, 0.3) is 0 Å². The molecule has 0 bridgehead atoms. The van der Waals surface area contributed by atoms with Crippen LogP contribution in [0.1, 0.15) is 18.9 Å². The number of nitrogens with two attached hydrogens (primary N) is 1. The first-order valence-corrected chi connectivity index (χ1v) is 6.92. The third-order valence-electron chi connectivity index (χ3n) is 3.03. The Balaban J connectivity index is 2.24. The van der Waals surface area contributed by atoms with Crippen LogP contribution in [0.15, 0.2) is 48.5 Å². The summed E-state index contributed by atoms with van der Waals surface area (Å²) < 4.78 is 0. The summed E-state index contributed by atoms with van der Waals surface area (Å²) in [6, 6.07) is 16.0. The van der Waals surface area contributed by atoms with Crippen LogP contribution in [0.2, 0.25) is 5.02 Å². The molecule has 2 rings (SSSR count). The van der Waals surface area contributed by atoms with Gasteiger partial charge in [-0.15, -0.1) is 0 Å². The Morgan fingerprint density at radius 1 is 1.11 bits per heavy atom. The van der Waals surface area contributed by atoms with Crippen molar-refractivity contribution in [3.05, 3.63) is 59.1 Å². The van der Waals surface area contributed by atoms with Crippen LogP contribution in [-0.2, 0) is 6.54 Å². The lowest BCUT2D eigenvalue weighted by molar-refractivity contribution is 0.768. The van der Waals surface area contributed by atoms with Crippen LogP contribution in [0.3, 0.4) is 0 Å². The zero-order chi connectivity index (χ0) is 13.7. The van der Waals surface area contributed by atoms with E-state index in [1.807, 2.05) is 36.4 Å². The van der Waals surface area contributed by atoms with Crippen LogP contribution in [0, 0.1) is 0 Å². The van der Waals surface area contributed by atoms with Gasteiger partial charge in [-0.3, -0.25) is 0 Å². The Hall–Kier alpha value is -1.67. The average molecular weight is 275 g/mol. The van der Waals surface area contributed by atoms with Gasteiger partial charge < -0.3 is 10.6 Å².